The van der Waals surface area contributed by atoms with Crippen LogP contribution in [0.5, 0.6) is 5.75 Å². The van der Waals surface area contributed by atoms with E-state index in [-0.39, 0.29) is 0 Å². The van der Waals surface area contributed by atoms with Gasteiger partial charge >= 0.3 is 0 Å². The van der Waals surface area contributed by atoms with Crippen molar-refractivity contribution < 1.29 is 4.74 Å². The maximum Gasteiger partial charge on any atom is 0.122 e. The topological polar surface area (TPSA) is 21.3 Å². The van der Waals surface area contributed by atoms with Crippen molar-refractivity contribution in [2.75, 3.05) is 13.2 Å². The van der Waals surface area contributed by atoms with Gasteiger partial charge in [-0.15, -0.1) is 0 Å². The Labute approximate surface area is 116 Å². The zero-order valence-corrected chi connectivity index (χ0v) is 12.0. The molecule has 104 valence electrons. The van der Waals surface area contributed by atoms with Crippen molar-refractivity contribution in [2.24, 2.45) is 5.92 Å². The SMILES string of the molecule is C[C@H](NCCc1ccc2c(c1)CCO2)C1CCCC1. The predicted molar refractivity (Wildman–Crippen MR) is 78.8 cm³/mol. The van der Waals surface area contributed by atoms with Gasteiger partial charge in [0.05, 0.1) is 6.61 Å². The molecule has 1 atom stereocenters. The summed E-state index contributed by atoms with van der Waals surface area (Å²) in [5, 5.41) is 3.71. The summed E-state index contributed by atoms with van der Waals surface area (Å²) in [6.07, 6.45) is 7.91. The molecule has 1 aliphatic heterocycles. The minimum atomic E-state index is 0.681. The Morgan fingerprint density at radius 3 is 3.00 bits per heavy atom. The van der Waals surface area contributed by atoms with Crippen molar-refractivity contribution >= 4 is 0 Å². The maximum atomic E-state index is 5.55. The lowest BCUT2D eigenvalue weighted by atomic mass is 9.99. The molecule has 1 saturated carbocycles. The summed E-state index contributed by atoms with van der Waals surface area (Å²) in [5.74, 6) is 2.00. The normalized spacial score (nSPS) is 20.3. The number of ether oxygens (including phenoxy) is 1. The lowest BCUT2D eigenvalue weighted by molar-refractivity contribution is 0.357. The second kappa shape index (κ2) is 5.96. The Morgan fingerprint density at radius 1 is 1.32 bits per heavy atom. The van der Waals surface area contributed by atoms with Gasteiger partial charge in [0.2, 0.25) is 0 Å². The molecule has 0 unspecified atom stereocenters. The van der Waals surface area contributed by atoms with E-state index in [9.17, 15) is 0 Å². The first-order chi connectivity index (χ1) is 9.33. The average Bonchev–Trinajstić information content (AvgIpc) is 3.09. The second-order valence-electron chi connectivity index (χ2n) is 6.08. The van der Waals surface area contributed by atoms with Crippen molar-refractivity contribution in [2.45, 2.75) is 51.5 Å². The number of fused-ring (bicyclic) bond motifs is 1. The first kappa shape index (κ1) is 13.0. The molecule has 0 spiro atoms. The van der Waals surface area contributed by atoms with Crippen molar-refractivity contribution in [3.05, 3.63) is 29.3 Å². The van der Waals surface area contributed by atoms with Gasteiger partial charge < -0.3 is 10.1 Å². The summed E-state index contributed by atoms with van der Waals surface area (Å²) in [5.41, 5.74) is 2.83. The highest BCUT2D eigenvalue weighted by atomic mass is 16.5. The fourth-order valence-electron chi connectivity index (χ4n) is 3.46. The Morgan fingerprint density at radius 2 is 2.16 bits per heavy atom. The smallest absolute Gasteiger partial charge is 0.122 e. The van der Waals surface area contributed by atoms with Crippen LogP contribution in [0.4, 0.5) is 0 Å². The van der Waals surface area contributed by atoms with Gasteiger partial charge in [0.1, 0.15) is 5.75 Å². The lowest BCUT2D eigenvalue weighted by Gasteiger charge is -2.20. The molecule has 1 aromatic carbocycles. The van der Waals surface area contributed by atoms with Crippen molar-refractivity contribution in [3.8, 4) is 5.75 Å². The van der Waals surface area contributed by atoms with Gasteiger partial charge in [-0.25, -0.2) is 0 Å². The molecule has 0 amide bonds. The maximum absolute atomic E-state index is 5.55. The average molecular weight is 259 g/mol. The zero-order chi connectivity index (χ0) is 13.1. The van der Waals surface area contributed by atoms with Crippen LogP contribution in [-0.2, 0) is 12.8 Å². The van der Waals surface area contributed by atoms with E-state index in [1.807, 2.05) is 0 Å². The van der Waals surface area contributed by atoms with E-state index in [0.717, 1.165) is 37.7 Å². The van der Waals surface area contributed by atoms with E-state index in [1.54, 1.807) is 0 Å². The lowest BCUT2D eigenvalue weighted by Crippen LogP contribution is -2.33. The van der Waals surface area contributed by atoms with Crippen LogP contribution in [0.15, 0.2) is 18.2 Å². The third kappa shape index (κ3) is 3.11. The van der Waals surface area contributed by atoms with Crippen LogP contribution in [0.25, 0.3) is 0 Å². The number of hydrogen-bond donors (Lipinski definition) is 1. The summed E-state index contributed by atoms with van der Waals surface area (Å²) in [4.78, 5) is 0. The van der Waals surface area contributed by atoms with Gasteiger partial charge in [-0.2, -0.15) is 0 Å². The first-order valence-electron chi connectivity index (χ1n) is 7.81. The molecule has 2 heteroatoms. The molecule has 1 N–H and O–H groups in total. The molecule has 0 aromatic heterocycles. The molecule has 3 rings (SSSR count). The Hall–Kier alpha value is -1.02. The molecular formula is C17H25NO. The van der Waals surface area contributed by atoms with E-state index >= 15 is 0 Å². The largest absolute Gasteiger partial charge is 0.493 e. The summed E-state index contributed by atoms with van der Waals surface area (Å²) in [6, 6.07) is 7.36. The molecule has 2 aliphatic rings. The fraction of sp³-hybridized carbons (Fsp3) is 0.647. The monoisotopic (exact) mass is 259 g/mol. The van der Waals surface area contributed by atoms with E-state index in [4.69, 9.17) is 4.74 Å². The van der Waals surface area contributed by atoms with Gasteiger partial charge in [0, 0.05) is 12.5 Å². The van der Waals surface area contributed by atoms with E-state index in [2.05, 4.69) is 30.4 Å². The molecular weight excluding hydrogens is 234 g/mol. The van der Waals surface area contributed by atoms with Crippen LogP contribution in [0, 0.1) is 5.92 Å². The van der Waals surface area contributed by atoms with Gasteiger partial charge in [-0.3, -0.25) is 0 Å². The Bertz CT molecular complexity index is 423. The number of rotatable bonds is 5. The van der Waals surface area contributed by atoms with Crippen molar-refractivity contribution in [1.82, 2.24) is 5.32 Å². The molecule has 0 bridgehead atoms. The summed E-state index contributed by atoms with van der Waals surface area (Å²) in [6.45, 7) is 4.31. The first-order valence-corrected chi connectivity index (χ1v) is 7.81. The Balaban J connectivity index is 1.47. The van der Waals surface area contributed by atoms with Gasteiger partial charge in [0.15, 0.2) is 0 Å². The van der Waals surface area contributed by atoms with Gasteiger partial charge in [-0.05, 0) is 55.8 Å². The van der Waals surface area contributed by atoms with Crippen molar-refractivity contribution in [3.63, 3.8) is 0 Å². The molecule has 1 aliphatic carbocycles. The highest BCUT2D eigenvalue weighted by Crippen LogP contribution is 2.28. The van der Waals surface area contributed by atoms with Crippen LogP contribution in [0.1, 0.15) is 43.7 Å². The molecule has 2 nitrogen and oxygen atoms in total. The zero-order valence-electron chi connectivity index (χ0n) is 12.0. The summed E-state index contributed by atoms with van der Waals surface area (Å²) >= 11 is 0. The van der Waals surface area contributed by atoms with Crippen LogP contribution in [0.2, 0.25) is 0 Å². The fourth-order valence-corrected chi connectivity index (χ4v) is 3.46. The van der Waals surface area contributed by atoms with Crippen LogP contribution < -0.4 is 10.1 Å². The highest BCUT2D eigenvalue weighted by molar-refractivity contribution is 5.39. The number of hydrogen-bond acceptors (Lipinski definition) is 2. The predicted octanol–water partition coefficient (Wildman–Crippen LogP) is 3.33. The Kier molecular flexibility index (Phi) is 4.07. The van der Waals surface area contributed by atoms with Crippen LogP contribution in [0.3, 0.4) is 0 Å². The van der Waals surface area contributed by atoms with E-state index < -0.39 is 0 Å². The van der Waals surface area contributed by atoms with Crippen LogP contribution in [-0.4, -0.2) is 19.2 Å². The molecule has 1 fully saturated rings. The minimum absolute atomic E-state index is 0.681. The quantitative estimate of drug-likeness (QED) is 0.875. The molecule has 19 heavy (non-hydrogen) atoms. The van der Waals surface area contributed by atoms with Gasteiger partial charge in [-0.1, -0.05) is 25.0 Å². The third-order valence-electron chi connectivity index (χ3n) is 4.74. The number of nitrogens with one attached hydrogen (secondary N) is 1. The van der Waals surface area contributed by atoms with Crippen LogP contribution >= 0.6 is 0 Å². The molecule has 0 radical (unpaired) electrons. The minimum Gasteiger partial charge on any atom is -0.493 e. The van der Waals surface area contributed by atoms with Crippen molar-refractivity contribution in [1.29, 1.82) is 0 Å². The molecule has 0 saturated heterocycles. The van der Waals surface area contributed by atoms with E-state index in [0.29, 0.717) is 6.04 Å². The molecule has 1 aromatic rings. The molecule has 1 heterocycles. The van der Waals surface area contributed by atoms with E-state index in [1.165, 1.54) is 36.8 Å². The second-order valence-corrected chi connectivity index (χ2v) is 6.08. The highest BCUT2D eigenvalue weighted by Gasteiger charge is 2.20. The third-order valence-corrected chi connectivity index (χ3v) is 4.74. The summed E-state index contributed by atoms with van der Waals surface area (Å²) in [7, 11) is 0. The number of benzene rings is 1. The standard InChI is InChI=1S/C17H25NO/c1-13(15-4-2-3-5-15)18-10-8-14-6-7-17-16(12-14)9-11-19-17/h6-7,12-13,15,18H,2-5,8-11H2,1H3/t13-/m0/s1. The summed E-state index contributed by atoms with van der Waals surface area (Å²) < 4.78 is 5.55. The van der Waals surface area contributed by atoms with Gasteiger partial charge in [0.25, 0.3) is 0 Å².